The van der Waals surface area contributed by atoms with E-state index in [1.807, 2.05) is 30.3 Å². The van der Waals surface area contributed by atoms with E-state index >= 15 is 0 Å². The molecule has 2 aromatic carbocycles. The standard InChI is InChI=1S/C24H21BN5O9PS/c31-18-19-16(11-37-40(35,36)39-19)38-22(18)30-20-17(27-24(30)41-14-8-6-13(7-9-14)25(33)34)21(32)29-10-15(26-23(29)28-20)12-4-2-1-3-5-12/h1-10,16,18-19,22,31,33-34H,11H2,(H,26,28)(H,35,36)/t16?,18?,19-,22-/m1/s1. The van der Waals surface area contributed by atoms with Gasteiger partial charge in [-0.1, -0.05) is 54.2 Å². The third-order valence-electron chi connectivity index (χ3n) is 6.90. The Hall–Kier alpha value is -3.31. The molecule has 2 aliphatic rings. The molecule has 0 saturated carbocycles. The molecule has 0 spiro atoms. The smallest absolute Gasteiger partial charge is 0.756 e. The fourth-order valence-corrected chi connectivity index (χ4v) is 6.79. The fourth-order valence-electron chi connectivity index (χ4n) is 4.93. The molecule has 0 amide bonds. The Labute approximate surface area is 236 Å². The van der Waals surface area contributed by atoms with Crippen LogP contribution in [0.1, 0.15) is 7.65 Å². The first kappa shape index (κ1) is 26.6. The summed E-state index contributed by atoms with van der Waals surface area (Å²) in [5, 5.41) is 30.2. The summed E-state index contributed by atoms with van der Waals surface area (Å²) in [6, 6.07) is 15.7. The highest BCUT2D eigenvalue weighted by atomic mass is 32.2. The summed E-state index contributed by atoms with van der Waals surface area (Å²) in [5.74, 6) is 0.217. The van der Waals surface area contributed by atoms with Crippen LogP contribution < -0.4 is 15.9 Å². The maximum absolute atomic E-state index is 13.6. The van der Waals surface area contributed by atoms with Gasteiger partial charge in [-0.2, -0.15) is 4.98 Å². The van der Waals surface area contributed by atoms with E-state index in [2.05, 4.69) is 15.0 Å². The van der Waals surface area contributed by atoms with E-state index in [9.17, 15) is 29.4 Å². The minimum atomic E-state index is -4.63. The van der Waals surface area contributed by atoms with Crippen LogP contribution >= 0.6 is 19.6 Å². The maximum atomic E-state index is 13.6. The summed E-state index contributed by atoms with van der Waals surface area (Å²) in [7, 11) is -6.27. The first-order valence-electron chi connectivity index (χ1n) is 12.4. The molecule has 0 bridgehead atoms. The zero-order chi connectivity index (χ0) is 28.5. The molecule has 17 heteroatoms. The Kier molecular flexibility index (Phi) is 6.42. The van der Waals surface area contributed by atoms with Crippen LogP contribution in [0.3, 0.4) is 0 Å². The molecule has 3 aromatic heterocycles. The van der Waals surface area contributed by atoms with Crippen LogP contribution in [-0.2, 0) is 18.3 Å². The molecule has 4 N–H and O–H groups in total. The topological polar surface area (TPSA) is 196 Å². The highest BCUT2D eigenvalue weighted by Crippen LogP contribution is 2.50. The minimum absolute atomic E-state index is 0. The van der Waals surface area contributed by atoms with Crippen molar-refractivity contribution in [2.45, 2.75) is 34.6 Å². The minimum Gasteiger partial charge on any atom is -0.756 e. The number of benzene rings is 2. The SMILES string of the molecule is O=c1c2nc(Sc3ccc(B(O)O)cc3)n([C@@H]3OC4COP(=O)([O-])O[C@H]4C3O)c2nc2[nH]c(-c3ccccc3)cn12.[H+]. The molecule has 5 heterocycles. The van der Waals surface area contributed by atoms with Crippen molar-refractivity contribution in [3.8, 4) is 11.3 Å². The van der Waals surface area contributed by atoms with Crippen LogP contribution in [0.15, 0.2) is 75.6 Å². The van der Waals surface area contributed by atoms with Gasteiger partial charge >= 0.3 is 8.55 Å². The number of aromatic amines is 1. The van der Waals surface area contributed by atoms with Gasteiger partial charge in [0.15, 0.2) is 22.5 Å². The predicted octanol–water partition coefficient (Wildman–Crippen LogP) is 0.125. The number of aliphatic hydroxyl groups excluding tert-OH is 1. The van der Waals surface area contributed by atoms with E-state index in [0.717, 1.165) is 17.3 Å². The Morgan fingerprint density at radius 3 is 2.63 bits per heavy atom. The lowest BCUT2D eigenvalue weighted by molar-refractivity contribution is -0.245. The van der Waals surface area contributed by atoms with Crippen molar-refractivity contribution in [1.29, 1.82) is 0 Å². The lowest BCUT2D eigenvalue weighted by Crippen LogP contribution is -2.41. The van der Waals surface area contributed by atoms with Crippen LogP contribution in [-0.4, -0.2) is 71.1 Å². The number of fused-ring (bicyclic) bond motifs is 3. The number of rotatable bonds is 5. The van der Waals surface area contributed by atoms with Gasteiger partial charge < -0.3 is 38.8 Å². The summed E-state index contributed by atoms with van der Waals surface area (Å²) in [6.07, 6.45) is -3.23. The molecular formula is C24H21BN5O9PS. The fraction of sp³-hybridized carbons (Fsp3) is 0.208. The Morgan fingerprint density at radius 1 is 1.15 bits per heavy atom. The van der Waals surface area contributed by atoms with Crippen LogP contribution in [0.5, 0.6) is 0 Å². The van der Waals surface area contributed by atoms with E-state index in [0.29, 0.717) is 10.6 Å². The summed E-state index contributed by atoms with van der Waals surface area (Å²) in [5.41, 5.74) is 1.37. The summed E-state index contributed by atoms with van der Waals surface area (Å²) >= 11 is 1.11. The second-order valence-corrected chi connectivity index (χ2v) is 11.9. The number of nitrogens with zero attached hydrogens (tertiary/aromatic N) is 4. The van der Waals surface area contributed by atoms with Crippen molar-refractivity contribution < 1.29 is 39.8 Å². The van der Waals surface area contributed by atoms with Gasteiger partial charge in [0.2, 0.25) is 5.78 Å². The van der Waals surface area contributed by atoms with Gasteiger partial charge in [-0.15, -0.1) is 0 Å². The van der Waals surface area contributed by atoms with Crippen LogP contribution in [0, 0.1) is 0 Å². The largest absolute Gasteiger partial charge is 1.00 e. The Bertz CT molecular complexity index is 1890. The lowest BCUT2D eigenvalue weighted by Gasteiger charge is -2.34. The van der Waals surface area contributed by atoms with E-state index in [1.54, 1.807) is 18.3 Å². The number of hydrogen-bond donors (Lipinski definition) is 4. The molecule has 2 saturated heterocycles. The quantitative estimate of drug-likeness (QED) is 0.158. The number of nitrogens with one attached hydrogen (secondary N) is 1. The summed E-state index contributed by atoms with van der Waals surface area (Å²) in [4.78, 5) is 38.6. The zero-order valence-corrected chi connectivity index (χ0v) is 22.5. The highest BCUT2D eigenvalue weighted by Gasteiger charge is 2.51. The van der Waals surface area contributed by atoms with Crippen LogP contribution in [0.25, 0.3) is 28.2 Å². The lowest BCUT2D eigenvalue weighted by atomic mass is 9.81. The second kappa shape index (κ2) is 9.91. The van der Waals surface area contributed by atoms with Gasteiger partial charge in [0.25, 0.3) is 13.4 Å². The molecule has 5 atom stereocenters. The van der Waals surface area contributed by atoms with Crippen molar-refractivity contribution >= 4 is 49.1 Å². The second-order valence-electron chi connectivity index (χ2n) is 9.49. The van der Waals surface area contributed by atoms with Gasteiger partial charge in [0, 0.05) is 11.1 Å². The third-order valence-corrected chi connectivity index (χ3v) is 8.85. The normalized spacial score (nSPS) is 26.0. The van der Waals surface area contributed by atoms with Gasteiger partial charge in [-0.3, -0.25) is 13.9 Å². The van der Waals surface area contributed by atoms with Crippen molar-refractivity contribution in [2.75, 3.05) is 6.61 Å². The molecule has 210 valence electrons. The van der Waals surface area contributed by atoms with Gasteiger partial charge in [0.05, 0.1) is 12.3 Å². The van der Waals surface area contributed by atoms with Gasteiger partial charge in [-0.05, 0) is 23.2 Å². The maximum Gasteiger partial charge on any atom is 1.00 e. The Balaban J connectivity index is 0.00000316. The van der Waals surface area contributed by atoms with E-state index in [-0.39, 0.29) is 35.6 Å². The third kappa shape index (κ3) is 4.63. The molecule has 7 rings (SSSR count). The molecular weight excluding hydrogens is 576 g/mol. The van der Waals surface area contributed by atoms with Crippen LogP contribution in [0.2, 0.25) is 0 Å². The molecule has 0 radical (unpaired) electrons. The summed E-state index contributed by atoms with van der Waals surface area (Å²) in [6.45, 7) is -0.351. The van der Waals surface area contributed by atoms with E-state index in [4.69, 9.17) is 13.8 Å². The van der Waals surface area contributed by atoms with Crippen molar-refractivity contribution in [3.63, 3.8) is 0 Å². The number of phosphoric acid groups is 1. The zero-order valence-electron chi connectivity index (χ0n) is 21.8. The average molecular weight is 597 g/mol. The van der Waals surface area contributed by atoms with E-state index < -0.39 is 45.0 Å². The number of aromatic nitrogens is 5. The molecule has 2 fully saturated rings. The predicted molar refractivity (Wildman–Crippen MR) is 144 cm³/mol. The molecule has 41 heavy (non-hydrogen) atoms. The number of hydrogen-bond acceptors (Lipinski definition) is 12. The molecule has 5 aromatic rings. The van der Waals surface area contributed by atoms with Crippen molar-refractivity contribution in [3.05, 3.63) is 71.1 Å². The first-order valence-corrected chi connectivity index (χ1v) is 14.7. The molecule has 2 aliphatic heterocycles. The monoisotopic (exact) mass is 597 g/mol. The number of H-pyrrole nitrogens is 1. The molecule has 14 nitrogen and oxygen atoms in total. The molecule has 3 unspecified atom stereocenters. The van der Waals surface area contributed by atoms with E-state index in [1.165, 1.54) is 21.1 Å². The van der Waals surface area contributed by atoms with Crippen LogP contribution in [0.4, 0.5) is 0 Å². The highest BCUT2D eigenvalue weighted by molar-refractivity contribution is 7.99. The van der Waals surface area contributed by atoms with Crippen molar-refractivity contribution in [2.24, 2.45) is 0 Å². The number of phosphoric ester groups is 1. The Morgan fingerprint density at radius 2 is 1.90 bits per heavy atom. The average Bonchev–Trinajstić information content (AvgIpc) is 3.63. The number of imidazole rings is 2. The number of ether oxygens (including phenoxy) is 1. The van der Waals surface area contributed by atoms with Gasteiger partial charge in [-0.25, -0.2) is 9.38 Å². The van der Waals surface area contributed by atoms with Crippen molar-refractivity contribution in [1.82, 2.24) is 23.9 Å². The molecule has 0 aliphatic carbocycles. The summed E-state index contributed by atoms with van der Waals surface area (Å²) < 4.78 is 30.5. The van der Waals surface area contributed by atoms with Gasteiger partial charge in [0.1, 0.15) is 18.3 Å². The number of aliphatic hydroxyl groups is 1. The first-order chi connectivity index (χ1) is 19.7.